The van der Waals surface area contributed by atoms with Crippen LogP contribution in [0.4, 0.5) is 0 Å². The molecule has 2 saturated carbocycles. The van der Waals surface area contributed by atoms with E-state index in [4.69, 9.17) is 4.74 Å². The first-order chi connectivity index (χ1) is 8.35. The molecule has 2 nitrogen and oxygen atoms in total. The lowest BCUT2D eigenvalue weighted by atomic mass is 9.60. The molecule has 1 spiro atoms. The summed E-state index contributed by atoms with van der Waals surface area (Å²) in [5.74, 6) is 2.68. The fraction of sp³-hybridized carbons (Fsp3) is 1.00. The van der Waals surface area contributed by atoms with Gasteiger partial charge in [-0.05, 0) is 38.4 Å². The second-order valence-electron chi connectivity index (χ2n) is 5.90. The normalized spacial score (nSPS) is 39.7. The van der Waals surface area contributed by atoms with Crippen LogP contribution < -0.4 is 5.32 Å². The monoisotopic (exact) mass is 255 g/mol. The van der Waals surface area contributed by atoms with Gasteiger partial charge in [-0.15, -0.1) is 0 Å². The molecule has 0 aromatic carbocycles. The summed E-state index contributed by atoms with van der Waals surface area (Å²) < 4.78 is 5.97. The highest BCUT2D eigenvalue weighted by Gasteiger charge is 2.56. The number of thioether (sulfide) groups is 1. The lowest BCUT2D eigenvalue weighted by Crippen LogP contribution is -2.64. The van der Waals surface area contributed by atoms with E-state index in [0.717, 1.165) is 18.7 Å². The van der Waals surface area contributed by atoms with E-state index < -0.39 is 0 Å². The first-order valence-corrected chi connectivity index (χ1v) is 8.46. The maximum absolute atomic E-state index is 5.97. The molecule has 3 fully saturated rings. The van der Waals surface area contributed by atoms with Gasteiger partial charge < -0.3 is 10.1 Å². The number of ether oxygens (including phenoxy) is 1. The van der Waals surface area contributed by atoms with Gasteiger partial charge in [0.25, 0.3) is 0 Å². The van der Waals surface area contributed by atoms with Crippen molar-refractivity contribution in [3.63, 3.8) is 0 Å². The van der Waals surface area contributed by atoms with E-state index in [-0.39, 0.29) is 0 Å². The van der Waals surface area contributed by atoms with Crippen LogP contribution >= 0.6 is 11.8 Å². The van der Waals surface area contributed by atoms with Crippen LogP contribution in [0.3, 0.4) is 0 Å². The molecular formula is C14H25NOS. The van der Waals surface area contributed by atoms with Crippen molar-refractivity contribution < 1.29 is 4.74 Å². The van der Waals surface area contributed by atoms with E-state index in [0.29, 0.717) is 11.5 Å². The zero-order valence-electron chi connectivity index (χ0n) is 10.9. The highest BCUT2D eigenvalue weighted by molar-refractivity contribution is 7.99. The first-order valence-electron chi connectivity index (χ1n) is 7.30. The Morgan fingerprint density at radius 3 is 2.82 bits per heavy atom. The molecule has 3 heteroatoms. The van der Waals surface area contributed by atoms with Crippen LogP contribution in [0.1, 0.15) is 45.4 Å². The Morgan fingerprint density at radius 1 is 1.35 bits per heavy atom. The molecule has 1 saturated heterocycles. The van der Waals surface area contributed by atoms with Gasteiger partial charge in [0, 0.05) is 29.9 Å². The third-order valence-corrected chi connectivity index (χ3v) is 6.22. The van der Waals surface area contributed by atoms with Gasteiger partial charge in [-0.3, -0.25) is 0 Å². The quantitative estimate of drug-likeness (QED) is 0.834. The van der Waals surface area contributed by atoms with Crippen molar-refractivity contribution in [2.45, 2.75) is 63.6 Å². The third kappa shape index (κ3) is 2.15. The van der Waals surface area contributed by atoms with Gasteiger partial charge in [-0.2, -0.15) is 11.8 Å². The Balaban J connectivity index is 1.61. The third-order valence-electron chi connectivity index (χ3n) is 5.05. The average Bonchev–Trinajstić information content (AvgIpc) is 3.00. The second kappa shape index (κ2) is 5.10. The molecule has 3 unspecified atom stereocenters. The predicted molar refractivity (Wildman–Crippen MR) is 73.6 cm³/mol. The minimum atomic E-state index is 0.517. The van der Waals surface area contributed by atoms with Gasteiger partial charge in [-0.1, -0.05) is 12.8 Å². The molecule has 0 bridgehead atoms. The molecule has 1 aliphatic heterocycles. The molecule has 1 N–H and O–H groups in total. The van der Waals surface area contributed by atoms with Gasteiger partial charge in [0.2, 0.25) is 0 Å². The SMILES string of the molecule is CCOC1CC(NC2CCSC2)C12CCCC2. The van der Waals surface area contributed by atoms with Crippen molar-refractivity contribution in [3.05, 3.63) is 0 Å². The zero-order chi connectivity index (χ0) is 11.7. The standard InChI is InChI=1S/C14H25NOS/c1-2-16-13-9-12(14(13)6-3-4-7-14)15-11-5-8-17-10-11/h11-13,15H,2-10H2,1H3. The highest BCUT2D eigenvalue weighted by atomic mass is 32.2. The van der Waals surface area contributed by atoms with Gasteiger partial charge >= 0.3 is 0 Å². The molecule has 0 aromatic heterocycles. The molecule has 0 radical (unpaired) electrons. The maximum atomic E-state index is 5.97. The van der Waals surface area contributed by atoms with Crippen LogP contribution in [0.2, 0.25) is 0 Å². The minimum absolute atomic E-state index is 0.517. The van der Waals surface area contributed by atoms with Crippen LogP contribution in [-0.4, -0.2) is 36.3 Å². The largest absolute Gasteiger partial charge is 0.378 e. The molecule has 3 atom stereocenters. The second-order valence-corrected chi connectivity index (χ2v) is 7.05. The lowest BCUT2D eigenvalue weighted by molar-refractivity contribution is -0.132. The Hall–Kier alpha value is 0.270. The summed E-state index contributed by atoms with van der Waals surface area (Å²) in [6.45, 7) is 3.02. The number of nitrogens with one attached hydrogen (secondary N) is 1. The number of hydrogen-bond acceptors (Lipinski definition) is 3. The van der Waals surface area contributed by atoms with Crippen molar-refractivity contribution in [3.8, 4) is 0 Å². The summed E-state index contributed by atoms with van der Waals surface area (Å²) in [5.41, 5.74) is 0.517. The van der Waals surface area contributed by atoms with E-state index in [1.807, 2.05) is 0 Å². The molecule has 2 aliphatic carbocycles. The highest BCUT2D eigenvalue weighted by Crippen LogP contribution is 2.55. The summed E-state index contributed by atoms with van der Waals surface area (Å²) in [5, 5.41) is 3.94. The Bertz CT molecular complexity index is 259. The molecule has 3 aliphatic rings. The summed E-state index contributed by atoms with van der Waals surface area (Å²) in [6.07, 6.45) is 8.82. The summed E-state index contributed by atoms with van der Waals surface area (Å²) in [7, 11) is 0. The molecule has 17 heavy (non-hydrogen) atoms. The van der Waals surface area contributed by atoms with Crippen LogP contribution in [0.25, 0.3) is 0 Å². The molecule has 1 heterocycles. The van der Waals surface area contributed by atoms with E-state index in [1.165, 1.54) is 50.0 Å². The van der Waals surface area contributed by atoms with Crippen LogP contribution in [0.15, 0.2) is 0 Å². The van der Waals surface area contributed by atoms with E-state index in [2.05, 4.69) is 24.0 Å². The Kier molecular flexibility index (Phi) is 3.69. The van der Waals surface area contributed by atoms with E-state index in [1.54, 1.807) is 0 Å². The average molecular weight is 255 g/mol. The molecular weight excluding hydrogens is 230 g/mol. The summed E-state index contributed by atoms with van der Waals surface area (Å²) in [6, 6.07) is 1.54. The smallest absolute Gasteiger partial charge is 0.0661 e. The predicted octanol–water partition coefficient (Wildman–Crippen LogP) is 2.82. The minimum Gasteiger partial charge on any atom is -0.378 e. The van der Waals surface area contributed by atoms with Crippen LogP contribution in [0.5, 0.6) is 0 Å². The van der Waals surface area contributed by atoms with Crippen molar-refractivity contribution in [1.82, 2.24) is 5.32 Å². The van der Waals surface area contributed by atoms with Crippen LogP contribution in [0, 0.1) is 5.41 Å². The van der Waals surface area contributed by atoms with Crippen molar-refractivity contribution in [2.24, 2.45) is 5.41 Å². The van der Waals surface area contributed by atoms with Crippen molar-refractivity contribution >= 4 is 11.8 Å². The molecule has 0 amide bonds. The summed E-state index contributed by atoms with van der Waals surface area (Å²) >= 11 is 2.11. The number of rotatable bonds is 4. The van der Waals surface area contributed by atoms with E-state index in [9.17, 15) is 0 Å². The topological polar surface area (TPSA) is 21.3 Å². The zero-order valence-corrected chi connectivity index (χ0v) is 11.7. The van der Waals surface area contributed by atoms with Gasteiger partial charge in [-0.25, -0.2) is 0 Å². The van der Waals surface area contributed by atoms with E-state index >= 15 is 0 Å². The van der Waals surface area contributed by atoms with Crippen LogP contribution in [-0.2, 0) is 4.74 Å². The van der Waals surface area contributed by atoms with Gasteiger partial charge in [0.15, 0.2) is 0 Å². The first kappa shape index (κ1) is 12.3. The summed E-state index contributed by atoms with van der Waals surface area (Å²) in [4.78, 5) is 0. The Morgan fingerprint density at radius 2 is 2.18 bits per heavy atom. The lowest BCUT2D eigenvalue weighted by Gasteiger charge is -2.55. The molecule has 98 valence electrons. The Labute approximate surface area is 109 Å². The van der Waals surface area contributed by atoms with Gasteiger partial charge in [0.05, 0.1) is 6.10 Å². The van der Waals surface area contributed by atoms with Gasteiger partial charge in [0.1, 0.15) is 0 Å². The fourth-order valence-electron chi connectivity index (χ4n) is 4.07. The van der Waals surface area contributed by atoms with Crippen molar-refractivity contribution in [2.75, 3.05) is 18.1 Å². The van der Waals surface area contributed by atoms with Crippen molar-refractivity contribution in [1.29, 1.82) is 0 Å². The molecule has 0 aromatic rings. The molecule has 3 rings (SSSR count). The fourth-order valence-corrected chi connectivity index (χ4v) is 5.24. The maximum Gasteiger partial charge on any atom is 0.0661 e. The number of hydrogen-bond donors (Lipinski definition) is 1.